The first-order valence-electron chi connectivity index (χ1n) is 9.96. The minimum atomic E-state index is 0.00436. The third-order valence-corrected chi connectivity index (χ3v) is 5.48. The van der Waals surface area contributed by atoms with Gasteiger partial charge in [0, 0.05) is 42.4 Å². The van der Waals surface area contributed by atoms with Crippen molar-refractivity contribution in [3.63, 3.8) is 0 Å². The van der Waals surface area contributed by atoms with E-state index in [4.69, 9.17) is 0 Å². The maximum atomic E-state index is 4.57. The second kappa shape index (κ2) is 8.83. The lowest BCUT2D eigenvalue weighted by atomic mass is 9.91. The maximum absolute atomic E-state index is 4.57. The number of hydrogen-bond donors (Lipinski definition) is 0. The van der Waals surface area contributed by atoms with E-state index in [0.717, 1.165) is 11.3 Å². The molecule has 1 unspecified atom stereocenters. The largest absolute Gasteiger partial charge is 0.363 e. The fourth-order valence-electron chi connectivity index (χ4n) is 3.86. The maximum Gasteiger partial charge on any atom is 0.0790 e. The van der Waals surface area contributed by atoms with E-state index in [1.807, 2.05) is 12.2 Å². The van der Waals surface area contributed by atoms with Crippen molar-refractivity contribution in [2.45, 2.75) is 19.9 Å². The predicted octanol–water partition coefficient (Wildman–Crippen LogP) is 6.69. The zero-order valence-corrected chi connectivity index (χ0v) is 17.9. The van der Waals surface area contributed by atoms with Crippen molar-refractivity contribution in [1.82, 2.24) is 4.57 Å². The van der Waals surface area contributed by atoms with Crippen LogP contribution in [0.15, 0.2) is 97.8 Å². The van der Waals surface area contributed by atoms with E-state index in [1.165, 1.54) is 27.6 Å². The molecule has 0 saturated heterocycles. The van der Waals surface area contributed by atoms with Crippen LogP contribution in [0, 0.1) is 6.92 Å². The quantitative estimate of drug-likeness (QED) is 0.413. The summed E-state index contributed by atoms with van der Waals surface area (Å²) in [6.45, 7) is 12.6. The highest BCUT2D eigenvalue weighted by molar-refractivity contribution is 5.95. The molecule has 0 bridgehead atoms. The molecule has 0 spiro atoms. The number of fused-ring (bicyclic) bond motifs is 1. The van der Waals surface area contributed by atoms with Crippen molar-refractivity contribution in [3.05, 3.63) is 109 Å². The van der Waals surface area contributed by atoms with Crippen molar-refractivity contribution in [3.8, 4) is 0 Å². The highest BCUT2D eigenvalue weighted by atomic mass is 15.1. The Morgan fingerprint density at radius 1 is 1.10 bits per heavy atom. The number of anilines is 1. The highest BCUT2D eigenvalue weighted by Gasteiger charge is 2.24. The second-order valence-electron chi connectivity index (χ2n) is 7.43. The van der Waals surface area contributed by atoms with Gasteiger partial charge in [-0.2, -0.15) is 0 Å². The molecule has 148 valence electrons. The molecule has 2 aromatic carbocycles. The van der Waals surface area contributed by atoms with Crippen molar-refractivity contribution in [2.75, 3.05) is 11.9 Å². The zero-order valence-electron chi connectivity index (χ0n) is 17.9. The molecule has 1 atom stereocenters. The summed E-state index contributed by atoms with van der Waals surface area (Å²) in [5, 5.41) is 1.23. The molecular weight excluding hydrogens is 352 g/mol. The molecule has 1 heterocycles. The minimum absolute atomic E-state index is 0.00436. The minimum Gasteiger partial charge on any atom is -0.363 e. The molecule has 0 N–H and O–H groups in total. The monoisotopic (exact) mass is 382 g/mol. The van der Waals surface area contributed by atoms with E-state index in [-0.39, 0.29) is 6.04 Å². The van der Waals surface area contributed by atoms with Crippen LogP contribution in [-0.2, 0) is 7.05 Å². The molecule has 29 heavy (non-hydrogen) atoms. The molecule has 0 amide bonds. The van der Waals surface area contributed by atoms with Gasteiger partial charge in [0.05, 0.1) is 6.04 Å². The zero-order chi connectivity index (χ0) is 21.0. The Hall–Kier alpha value is -3.26. The Labute approximate surface area is 174 Å². The van der Waals surface area contributed by atoms with Gasteiger partial charge in [0.2, 0.25) is 0 Å². The third kappa shape index (κ3) is 4.12. The molecule has 2 heteroatoms. The van der Waals surface area contributed by atoms with Crippen molar-refractivity contribution in [1.29, 1.82) is 0 Å². The average Bonchev–Trinajstić information content (AvgIpc) is 3.08. The first kappa shape index (κ1) is 20.5. The van der Waals surface area contributed by atoms with Crippen LogP contribution in [0.2, 0.25) is 0 Å². The first-order chi connectivity index (χ1) is 14.0. The number of aryl methyl sites for hydroxylation is 2. The molecule has 1 aromatic heterocycles. The van der Waals surface area contributed by atoms with Gasteiger partial charge in [0.15, 0.2) is 0 Å². The molecule has 0 saturated carbocycles. The van der Waals surface area contributed by atoms with Crippen LogP contribution in [0.3, 0.4) is 0 Å². The normalized spacial score (nSPS) is 13.0. The standard InChI is InChI=1S/C27H30N2/c1-7-9-12-22(8-2)27(29(6)23-17-15-20(3)16-18-23)21(4)25-19-28(5)26-14-11-10-13-24(25)26/h7-19,27H,1,4H2,2-3,5-6H3/b12-9-,22-8+. The SMILES string of the molecule is C=C/C=C\C(=C/C)C(C(=C)c1cn(C)c2ccccc12)N(C)c1ccc(C)cc1. The Morgan fingerprint density at radius 2 is 1.79 bits per heavy atom. The summed E-state index contributed by atoms with van der Waals surface area (Å²) in [5.41, 5.74) is 7.07. The predicted molar refractivity (Wildman–Crippen MR) is 128 cm³/mol. The smallest absolute Gasteiger partial charge is 0.0790 e. The summed E-state index contributed by atoms with van der Waals surface area (Å²) >= 11 is 0. The van der Waals surface area contributed by atoms with Crippen LogP contribution >= 0.6 is 0 Å². The first-order valence-corrected chi connectivity index (χ1v) is 9.96. The average molecular weight is 383 g/mol. The Bertz CT molecular complexity index is 1080. The van der Waals surface area contributed by atoms with E-state index in [1.54, 1.807) is 0 Å². The van der Waals surface area contributed by atoms with Crippen molar-refractivity contribution in [2.24, 2.45) is 7.05 Å². The van der Waals surface area contributed by atoms with Gasteiger partial charge in [0.25, 0.3) is 0 Å². The number of likely N-dealkylation sites (N-methyl/N-ethyl adjacent to an activating group) is 1. The number of aromatic nitrogens is 1. The summed E-state index contributed by atoms with van der Waals surface area (Å²) in [6, 6.07) is 17.1. The van der Waals surface area contributed by atoms with Gasteiger partial charge < -0.3 is 9.47 Å². The lowest BCUT2D eigenvalue weighted by Crippen LogP contribution is -2.33. The molecule has 0 aliphatic heterocycles. The number of para-hydroxylation sites is 1. The van der Waals surface area contributed by atoms with Gasteiger partial charge in [0.1, 0.15) is 0 Å². The second-order valence-corrected chi connectivity index (χ2v) is 7.43. The van der Waals surface area contributed by atoms with E-state index < -0.39 is 0 Å². The number of benzene rings is 2. The van der Waals surface area contributed by atoms with E-state index in [9.17, 15) is 0 Å². The fourth-order valence-corrected chi connectivity index (χ4v) is 3.86. The summed E-state index contributed by atoms with van der Waals surface area (Å²) < 4.78 is 2.17. The van der Waals surface area contributed by atoms with Crippen LogP contribution < -0.4 is 4.90 Å². The highest BCUT2D eigenvalue weighted by Crippen LogP contribution is 2.34. The molecule has 0 fully saturated rings. The molecule has 0 aliphatic rings. The number of nitrogens with zero attached hydrogens (tertiary/aromatic N) is 2. The van der Waals surface area contributed by atoms with Gasteiger partial charge in [-0.25, -0.2) is 0 Å². The Morgan fingerprint density at radius 3 is 2.45 bits per heavy atom. The van der Waals surface area contributed by atoms with Crippen LogP contribution in [-0.4, -0.2) is 17.7 Å². The molecule has 0 aliphatic carbocycles. The molecule has 0 radical (unpaired) electrons. The van der Waals surface area contributed by atoms with E-state index in [0.29, 0.717) is 0 Å². The van der Waals surface area contributed by atoms with E-state index >= 15 is 0 Å². The molecule has 3 aromatic rings. The Kier molecular flexibility index (Phi) is 6.23. The molecule has 3 rings (SSSR count). The number of allylic oxidation sites excluding steroid dienone is 3. The van der Waals surface area contributed by atoms with Crippen molar-refractivity contribution >= 4 is 22.2 Å². The van der Waals surface area contributed by atoms with Crippen LogP contribution in [0.4, 0.5) is 5.69 Å². The van der Waals surface area contributed by atoms with Crippen molar-refractivity contribution < 1.29 is 0 Å². The lowest BCUT2D eigenvalue weighted by Gasteiger charge is -2.33. The van der Waals surface area contributed by atoms with E-state index in [2.05, 4.69) is 117 Å². The summed E-state index contributed by atoms with van der Waals surface area (Å²) in [7, 11) is 4.23. The fraction of sp³-hybridized carbons (Fsp3) is 0.185. The lowest BCUT2D eigenvalue weighted by molar-refractivity contribution is 0.877. The summed E-state index contributed by atoms with van der Waals surface area (Å²) in [6.07, 6.45) is 10.3. The topological polar surface area (TPSA) is 8.17 Å². The number of hydrogen-bond acceptors (Lipinski definition) is 1. The van der Waals surface area contributed by atoms with Gasteiger partial charge in [-0.05, 0) is 43.2 Å². The van der Waals surface area contributed by atoms with Gasteiger partial charge >= 0.3 is 0 Å². The summed E-state index contributed by atoms with van der Waals surface area (Å²) in [5.74, 6) is 0. The molecular formula is C27H30N2. The number of rotatable bonds is 7. The summed E-state index contributed by atoms with van der Waals surface area (Å²) in [4.78, 5) is 2.30. The third-order valence-electron chi connectivity index (χ3n) is 5.48. The van der Waals surface area contributed by atoms with Crippen LogP contribution in [0.5, 0.6) is 0 Å². The van der Waals surface area contributed by atoms with Gasteiger partial charge in [-0.3, -0.25) is 0 Å². The van der Waals surface area contributed by atoms with Crippen LogP contribution in [0.25, 0.3) is 16.5 Å². The van der Waals surface area contributed by atoms with Gasteiger partial charge in [-0.15, -0.1) is 0 Å². The van der Waals surface area contributed by atoms with Crippen LogP contribution in [0.1, 0.15) is 18.1 Å². The molecule has 2 nitrogen and oxygen atoms in total. The van der Waals surface area contributed by atoms with Gasteiger partial charge in [-0.1, -0.05) is 73.4 Å². The Balaban J connectivity index is 2.13.